The fourth-order valence-electron chi connectivity index (χ4n) is 6.47. The lowest BCUT2D eigenvalue weighted by atomic mass is 9.78. The van der Waals surface area contributed by atoms with Crippen LogP contribution in [0.15, 0.2) is 0 Å². The SMILES string of the molecule is CCC1CC(C)(OCOC2CC3CC(CC(O)(C(F)(F)F)C(F)(F)F)C2C3)CC1(F)CC. The van der Waals surface area contributed by atoms with Crippen LogP contribution in [0.25, 0.3) is 0 Å². The van der Waals surface area contributed by atoms with Crippen LogP contribution in [0, 0.1) is 23.7 Å². The minimum absolute atomic E-state index is 0.0363. The van der Waals surface area contributed by atoms with E-state index in [-0.39, 0.29) is 31.5 Å². The lowest BCUT2D eigenvalue weighted by Gasteiger charge is -2.38. The maximum Gasteiger partial charge on any atom is 0.426 e. The third-order valence-corrected chi connectivity index (χ3v) is 8.23. The molecule has 0 spiro atoms. The Morgan fingerprint density at radius 3 is 2.09 bits per heavy atom. The van der Waals surface area contributed by atoms with Gasteiger partial charge in [-0.1, -0.05) is 20.3 Å². The third kappa shape index (κ3) is 4.65. The summed E-state index contributed by atoms with van der Waals surface area (Å²) >= 11 is 0. The number of alkyl halides is 7. The Labute approximate surface area is 184 Å². The summed E-state index contributed by atoms with van der Waals surface area (Å²) in [6, 6.07) is 0. The van der Waals surface area contributed by atoms with Crippen LogP contribution in [0.5, 0.6) is 0 Å². The zero-order chi connectivity index (χ0) is 24.2. The predicted octanol–water partition coefficient (Wildman–Crippen LogP) is 6.33. The Bertz CT molecular complexity index is 653. The number of halogens is 7. The van der Waals surface area contributed by atoms with Crippen LogP contribution in [0.2, 0.25) is 0 Å². The van der Waals surface area contributed by atoms with E-state index in [1.165, 1.54) is 0 Å². The van der Waals surface area contributed by atoms with Gasteiger partial charge in [0.05, 0.1) is 11.7 Å². The Morgan fingerprint density at radius 1 is 1.00 bits per heavy atom. The van der Waals surface area contributed by atoms with Crippen LogP contribution in [0.4, 0.5) is 30.7 Å². The second kappa shape index (κ2) is 8.56. The summed E-state index contributed by atoms with van der Waals surface area (Å²) in [4.78, 5) is 0. The molecule has 32 heavy (non-hydrogen) atoms. The van der Waals surface area contributed by atoms with Crippen LogP contribution in [0.3, 0.4) is 0 Å². The average molecular weight is 478 g/mol. The van der Waals surface area contributed by atoms with Gasteiger partial charge in [-0.15, -0.1) is 0 Å². The van der Waals surface area contributed by atoms with Gasteiger partial charge in [0.25, 0.3) is 5.60 Å². The van der Waals surface area contributed by atoms with Crippen LogP contribution < -0.4 is 0 Å². The molecule has 7 atom stereocenters. The first-order valence-electron chi connectivity index (χ1n) is 11.4. The summed E-state index contributed by atoms with van der Waals surface area (Å²) in [6.07, 6.45) is -10.5. The zero-order valence-electron chi connectivity index (χ0n) is 18.7. The molecule has 0 aromatic rings. The van der Waals surface area contributed by atoms with Crippen LogP contribution >= 0.6 is 0 Å². The largest absolute Gasteiger partial charge is 0.426 e. The van der Waals surface area contributed by atoms with Crippen molar-refractivity contribution in [2.75, 3.05) is 6.79 Å². The molecule has 3 aliphatic carbocycles. The molecule has 7 unspecified atom stereocenters. The Kier molecular flexibility index (Phi) is 6.95. The molecule has 0 aromatic carbocycles. The molecule has 3 rings (SSSR count). The van der Waals surface area contributed by atoms with E-state index in [1.54, 1.807) is 6.92 Å². The van der Waals surface area contributed by atoms with E-state index >= 15 is 4.39 Å². The topological polar surface area (TPSA) is 38.7 Å². The standard InChI is InChI=1S/C22H33F7O3/c1-4-15-10-18(3,11-19(15,23)5-2)32-12-31-17-8-13-6-14(16(17)7-13)9-20(30,21(24,25)26)22(27,28)29/h13-17,30H,4-12H2,1-3H3. The Hall–Kier alpha value is -0.610. The Balaban J connectivity index is 1.59. The number of hydrogen-bond donors (Lipinski definition) is 1. The van der Waals surface area contributed by atoms with Gasteiger partial charge in [0.15, 0.2) is 0 Å². The highest BCUT2D eigenvalue weighted by atomic mass is 19.4. The van der Waals surface area contributed by atoms with Gasteiger partial charge in [-0.2, -0.15) is 26.3 Å². The lowest BCUT2D eigenvalue weighted by molar-refractivity contribution is -0.373. The van der Waals surface area contributed by atoms with Gasteiger partial charge in [-0.25, -0.2) is 4.39 Å². The van der Waals surface area contributed by atoms with Gasteiger partial charge >= 0.3 is 12.4 Å². The molecule has 2 bridgehead atoms. The maximum absolute atomic E-state index is 15.1. The first kappa shape index (κ1) is 26.0. The van der Waals surface area contributed by atoms with Gasteiger partial charge in [0.1, 0.15) is 12.5 Å². The summed E-state index contributed by atoms with van der Waals surface area (Å²) in [5, 5.41) is 9.58. The quantitative estimate of drug-likeness (QED) is 0.327. The predicted molar refractivity (Wildman–Crippen MR) is 102 cm³/mol. The molecular weight excluding hydrogens is 445 g/mol. The number of hydrogen-bond acceptors (Lipinski definition) is 3. The molecule has 0 radical (unpaired) electrons. The van der Waals surface area contributed by atoms with Crippen molar-refractivity contribution in [2.24, 2.45) is 23.7 Å². The van der Waals surface area contributed by atoms with E-state index in [1.807, 2.05) is 13.8 Å². The maximum atomic E-state index is 15.1. The summed E-state index contributed by atoms with van der Waals surface area (Å²) in [7, 11) is 0. The summed E-state index contributed by atoms with van der Waals surface area (Å²) < 4.78 is 105. The van der Waals surface area contributed by atoms with Gasteiger partial charge < -0.3 is 14.6 Å². The van der Waals surface area contributed by atoms with Crippen molar-refractivity contribution in [2.45, 2.75) is 107 Å². The molecule has 0 aliphatic heterocycles. The lowest BCUT2D eigenvalue weighted by Crippen LogP contribution is -2.58. The second-order valence-corrected chi connectivity index (χ2v) is 10.3. The molecule has 0 heterocycles. The van der Waals surface area contributed by atoms with E-state index in [2.05, 4.69) is 0 Å². The third-order valence-electron chi connectivity index (χ3n) is 8.23. The summed E-state index contributed by atoms with van der Waals surface area (Å²) in [5.74, 6) is -1.62. The van der Waals surface area contributed by atoms with E-state index in [9.17, 15) is 31.4 Å². The molecule has 1 N–H and O–H groups in total. The highest BCUT2D eigenvalue weighted by Crippen LogP contribution is 2.56. The second-order valence-electron chi connectivity index (χ2n) is 10.3. The molecule has 0 aromatic heterocycles. The van der Waals surface area contributed by atoms with Crippen molar-refractivity contribution in [3.8, 4) is 0 Å². The summed E-state index contributed by atoms with van der Waals surface area (Å²) in [6.45, 7) is 5.35. The molecule has 0 saturated heterocycles. The van der Waals surface area contributed by atoms with Crippen LogP contribution in [-0.2, 0) is 9.47 Å². The normalized spacial score (nSPS) is 40.4. The van der Waals surface area contributed by atoms with Crippen molar-refractivity contribution in [3.63, 3.8) is 0 Å². The molecule has 0 amide bonds. The van der Waals surface area contributed by atoms with Crippen LogP contribution in [-0.4, -0.2) is 47.2 Å². The first-order valence-corrected chi connectivity index (χ1v) is 11.4. The van der Waals surface area contributed by atoms with Crippen molar-refractivity contribution < 1.29 is 45.3 Å². The minimum atomic E-state index is -5.81. The fraction of sp³-hybridized carbons (Fsp3) is 1.00. The van der Waals surface area contributed by atoms with Crippen molar-refractivity contribution in [3.05, 3.63) is 0 Å². The van der Waals surface area contributed by atoms with E-state index in [0.717, 1.165) is 0 Å². The number of ether oxygens (including phenoxy) is 2. The molecular formula is C22H33F7O3. The molecule has 3 fully saturated rings. The minimum Gasteiger partial charge on any atom is -0.374 e. The number of aliphatic hydroxyl groups is 1. The van der Waals surface area contributed by atoms with Crippen molar-refractivity contribution >= 4 is 0 Å². The number of fused-ring (bicyclic) bond motifs is 2. The zero-order valence-corrected chi connectivity index (χ0v) is 18.7. The Morgan fingerprint density at radius 2 is 1.62 bits per heavy atom. The van der Waals surface area contributed by atoms with Gasteiger partial charge in [-0.05, 0) is 69.1 Å². The monoisotopic (exact) mass is 478 g/mol. The molecule has 188 valence electrons. The van der Waals surface area contributed by atoms with Crippen molar-refractivity contribution in [1.29, 1.82) is 0 Å². The summed E-state index contributed by atoms with van der Waals surface area (Å²) in [5.41, 5.74) is -6.77. The smallest absolute Gasteiger partial charge is 0.374 e. The molecule has 3 aliphatic rings. The van der Waals surface area contributed by atoms with E-state index < -0.39 is 53.6 Å². The first-order chi connectivity index (χ1) is 14.6. The van der Waals surface area contributed by atoms with Gasteiger partial charge in [0, 0.05) is 6.42 Å². The highest BCUT2D eigenvalue weighted by Gasteiger charge is 2.71. The fourth-order valence-corrected chi connectivity index (χ4v) is 6.47. The highest BCUT2D eigenvalue weighted by molar-refractivity contribution is 5.04. The van der Waals surface area contributed by atoms with Crippen molar-refractivity contribution in [1.82, 2.24) is 0 Å². The van der Waals surface area contributed by atoms with Gasteiger partial charge in [0.2, 0.25) is 0 Å². The van der Waals surface area contributed by atoms with Crippen LogP contribution in [0.1, 0.15) is 72.1 Å². The molecule has 3 nitrogen and oxygen atoms in total. The number of rotatable bonds is 8. The van der Waals surface area contributed by atoms with E-state index in [0.29, 0.717) is 32.1 Å². The average Bonchev–Trinajstić information content (AvgIpc) is 3.31. The molecule has 3 saturated carbocycles. The molecule has 10 heteroatoms. The van der Waals surface area contributed by atoms with Gasteiger partial charge in [-0.3, -0.25) is 0 Å². The van der Waals surface area contributed by atoms with E-state index in [4.69, 9.17) is 9.47 Å².